The Bertz CT molecular complexity index is 268. The van der Waals surface area contributed by atoms with E-state index in [1.807, 2.05) is 0 Å². The van der Waals surface area contributed by atoms with Crippen LogP contribution in [-0.4, -0.2) is 31.5 Å². The van der Waals surface area contributed by atoms with E-state index in [0.29, 0.717) is 0 Å². The van der Waals surface area contributed by atoms with Gasteiger partial charge in [-0.1, -0.05) is 20.3 Å². The van der Waals surface area contributed by atoms with E-state index < -0.39 is 12.6 Å². The Morgan fingerprint density at radius 3 is 2.38 bits per heavy atom. The van der Waals surface area contributed by atoms with Gasteiger partial charge in [-0.05, 0) is 51.0 Å². The van der Waals surface area contributed by atoms with Crippen molar-refractivity contribution in [2.75, 3.05) is 19.7 Å². The highest BCUT2D eigenvalue weighted by Crippen LogP contribution is 2.36. The number of rotatable bonds is 9. The van der Waals surface area contributed by atoms with Crippen molar-refractivity contribution < 1.29 is 17.9 Å². The van der Waals surface area contributed by atoms with Crippen molar-refractivity contribution in [3.8, 4) is 0 Å². The lowest BCUT2D eigenvalue weighted by Crippen LogP contribution is -2.46. The summed E-state index contributed by atoms with van der Waals surface area (Å²) in [5.74, 6) is 0.753. The Kier molecular flexibility index (Phi) is 8.03. The van der Waals surface area contributed by atoms with Gasteiger partial charge in [-0.3, -0.25) is 0 Å². The summed E-state index contributed by atoms with van der Waals surface area (Å²) >= 11 is 0. The second-order valence-corrected chi connectivity index (χ2v) is 6.28. The molecule has 1 aliphatic carbocycles. The lowest BCUT2D eigenvalue weighted by Gasteiger charge is -2.40. The zero-order valence-electron chi connectivity index (χ0n) is 13.4. The number of halogens is 3. The zero-order valence-corrected chi connectivity index (χ0v) is 13.4. The molecule has 1 N–H and O–H groups in total. The van der Waals surface area contributed by atoms with Gasteiger partial charge in [0.15, 0.2) is 0 Å². The molecule has 0 saturated heterocycles. The first kappa shape index (κ1) is 18.8. The van der Waals surface area contributed by atoms with E-state index in [4.69, 9.17) is 4.74 Å². The molecule has 0 aromatic carbocycles. The normalized spacial score (nSPS) is 27.0. The zero-order chi connectivity index (χ0) is 15.8. The van der Waals surface area contributed by atoms with Gasteiger partial charge in [-0.2, -0.15) is 13.2 Å². The molecule has 0 atom stereocenters. The van der Waals surface area contributed by atoms with Crippen molar-refractivity contribution in [1.82, 2.24) is 5.32 Å². The summed E-state index contributed by atoms with van der Waals surface area (Å²) in [6.07, 6.45) is 1.68. The average molecular weight is 309 g/mol. The number of ether oxygens (including phenoxy) is 1. The van der Waals surface area contributed by atoms with Crippen LogP contribution in [0.4, 0.5) is 13.2 Å². The van der Waals surface area contributed by atoms with Gasteiger partial charge >= 0.3 is 6.18 Å². The molecule has 1 rings (SSSR count). The Hall–Kier alpha value is -0.290. The summed E-state index contributed by atoms with van der Waals surface area (Å²) in [6.45, 7) is 6.23. The molecular weight excluding hydrogens is 279 g/mol. The quantitative estimate of drug-likeness (QED) is 0.624. The lowest BCUT2D eigenvalue weighted by molar-refractivity contribution is -0.144. The predicted octanol–water partition coefficient (Wildman–Crippen LogP) is 4.68. The smallest absolute Gasteiger partial charge is 0.374 e. The van der Waals surface area contributed by atoms with Gasteiger partial charge in [0.1, 0.15) is 0 Å². The highest BCUT2D eigenvalue weighted by Gasteiger charge is 2.35. The monoisotopic (exact) mass is 309 g/mol. The van der Waals surface area contributed by atoms with Crippen LogP contribution in [-0.2, 0) is 4.74 Å². The average Bonchev–Trinajstić information content (AvgIpc) is 2.44. The highest BCUT2D eigenvalue weighted by atomic mass is 19.4. The number of hydrogen-bond donors (Lipinski definition) is 1. The highest BCUT2D eigenvalue weighted by molar-refractivity contribution is 4.89. The standard InChI is InChI=1S/C16H30F3NO/c1-3-11-20-13-15(9-6-14(4-2)7-10-15)21-12-5-8-16(17,18)19/h14,20H,3-13H2,1-2H3. The summed E-state index contributed by atoms with van der Waals surface area (Å²) in [5, 5.41) is 3.39. The predicted molar refractivity (Wildman–Crippen MR) is 79.4 cm³/mol. The Morgan fingerprint density at radius 2 is 1.86 bits per heavy atom. The van der Waals surface area contributed by atoms with E-state index >= 15 is 0 Å². The van der Waals surface area contributed by atoms with Crippen LogP contribution >= 0.6 is 0 Å². The molecule has 1 fully saturated rings. The first-order chi connectivity index (χ1) is 9.91. The van der Waals surface area contributed by atoms with Crippen molar-refractivity contribution in [3.05, 3.63) is 0 Å². The number of alkyl halides is 3. The summed E-state index contributed by atoms with van der Waals surface area (Å²) < 4.78 is 42.5. The van der Waals surface area contributed by atoms with Crippen LogP contribution in [0.3, 0.4) is 0 Å². The van der Waals surface area contributed by atoms with Gasteiger partial charge in [0, 0.05) is 19.6 Å². The third kappa shape index (κ3) is 7.50. The van der Waals surface area contributed by atoms with E-state index in [1.165, 1.54) is 6.42 Å². The molecule has 0 aliphatic heterocycles. The third-order valence-corrected chi connectivity index (χ3v) is 4.48. The van der Waals surface area contributed by atoms with Crippen molar-refractivity contribution in [3.63, 3.8) is 0 Å². The SMILES string of the molecule is CCCNCC1(OCCCC(F)(F)F)CCC(CC)CC1. The summed E-state index contributed by atoms with van der Waals surface area (Å²) in [6, 6.07) is 0. The fraction of sp³-hybridized carbons (Fsp3) is 1.00. The van der Waals surface area contributed by atoms with Crippen LogP contribution in [0.15, 0.2) is 0 Å². The fourth-order valence-electron chi connectivity index (χ4n) is 3.04. The fourth-order valence-corrected chi connectivity index (χ4v) is 3.04. The van der Waals surface area contributed by atoms with E-state index in [2.05, 4.69) is 19.2 Å². The molecule has 0 amide bonds. The number of hydrogen-bond acceptors (Lipinski definition) is 2. The van der Waals surface area contributed by atoms with Gasteiger partial charge in [0.25, 0.3) is 0 Å². The molecular formula is C16H30F3NO. The van der Waals surface area contributed by atoms with Gasteiger partial charge in [-0.15, -0.1) is 0 Å². The molecule has 0 aromatic heterocycles. The molecule has 0 radical (unpaired) electrons. The minimum absolute atomic E-state index is 0.0657. The molecule has 2 nitrogen and oxygen atoms in total. The summed E-state index contributed by atoms with van der Waals surface area (Å²) in [4.78, 5) is 0. The minimum atomic E-state index is -4.07. The van der Waals surface area contributed by atoms with Gasteiger partial charge in [-0.25, -0.2) is 0 Å². The van der Waals surface area contributed by atoms with Crippen molar-refractivity contribution in [2.24, 2.45) is 5.92 Å². The van der Waals surface area contributed by atoms with Crippen LogP contribution in [0.5, 0.6) is 0 Å². The second kappa shape index (κ2) is 8.99. The van der Waals surface area contributed by atoms with Crippen LogP contribution in [0.25, 0.3) is 0 Å². The minimum Gasteiger partial charge on any atom is -0.374 e. The molecule has 0 heterocycles. The maximum absolute atomic E-state index is 12.2. The van der Waals surface area contributed by atoms with Gasteiger partial charge in [0.2, 0.25) is 0 Å². The lowest BCUT2D eigenvalue weighted by atomic mass is 9.77. The molecule has 5 heteroatoms. The molecule has 1 aliphatic rings. The molecule has 126 valence electrons. The molecule has 0 aromatic rings. The Labute approximate surface area is 126 Å². The molecule has 1 saturated carbocycles. The molecule has 0 unspecified atom stereocenters. The van der Waals surface area contributed by atoms with Crippen LogP contribution < -0.4 is 5.32 Å². The first-order valence-corrected chi connectivity index (χ1v) is 8.32. The van der Waals surface area contributed by atoms with Crippen molar-refractivity contribution in [1.29, 1.82) is 0 Å². The number of nitrogens with one attached hydrogen (secondary N) is 1. The van der Waals surface area contributed by atoms with Crippen LogP contribution in [0.1, 0.15) is 65.2 Å². The maximum atomic E-state index is 12.2. The van der Waals surface area contributed by atoms with Crippen molar-refractivity contribution >= 4 is 0 Å². The van der Waals surface area contributed by atoms with Crippen LogP contribution in [0, 0.1) is 5.92 Å². The van der Waals surface area contributed by atoms with E-state index in [0.717, 1.165) is 51.1 Å². The Morgan fingerprint density at radius 1 is 1.19 bits per heavy atom. The summed E-state index contributed by atoms with van der Waals surface area (Å²) in [5.41, 5.74) is -0.244. The topological polar surface area (TPSA) is 21.3 Å². The van der Waals surface area contributed by atoms with E-state index in [1.54, 1.807) is 0 Å². The third-order valence-electron chi connectivity index (χ3n) is 4.48. The largest absolute Gasteiger partial charge is 0.389 e. The first-order valence-electron chi connectivity index (χ1n) is 8.32. The summed E-state index contributed by atoms with van der Waals surface area (Å²) in [7, 11) is 0. The molecule has 0 spiro atoms. The van der Waals surface area contributed by atoms with Gasteiger partial charge in [0.05, 0.1) is 5.60 Å². The second-order valence-electron chi connectivity index (χ2n) is 6.28. The Balaban J connectivity index is 2.41. The van der Waals surface area contributed by atoms with E-state index in [-0.39, 0.29) is 18.6 Å². The molecule has 0 bridgehead atoms. The van der Waals surface area contributed by atoms with Gasteiger partial charge < -0.3 is 10.1 Å². The van der Waals surface area contributed by atoms with Crippen LogP contribution in [0.2, 0.25) is 0 Å². The van der Waals surface area contributed by atoms with Crippen molar-refractivity contribution in [2.45, 2.75) is 77.0 Å². The maximum Gasteiger partial charge on any atom is 0.389 e. The molecule has 21 heavy (non-hydrogen) atoms. The van der Waals surface area contributed by atoms with E-state index in [9.17, 15) is 13.2 Å².